The number of carbonyl (C=O) groups is 1. The van der Waals surface area contributed by atoms with Gasteiger partial charge in [0.05, 0.1) is 0 Å². The van der Waals surface area contributed by atoms with Gasteiger partial charge in [0, 0.05) is 12.2 Å². The second kappa shape index (κ2) is 4.49. The first-order valence-electron chi connectivity index (χ1n) is 5.48. The lowest BCUT2D eigenvalue weighted by Gasteiger charge is -2.21. The smallest absolute Gasteiger partial charge is 0.247 e. The second-order valence-electron chi connectivity index (χ2n) is 4.00. The Kier molecular flexibility index (Phi) is 3.06. The van der Waals surface area contributed by atoms with E-state index in [1.165, 1.54) is 17.2 Å². The highest BCUT2D eigenvalue weighted by atomic mass is 16.1. The summed E-state index contributed by atoms with van der Waals surface area (Å²) in [4.78, 5) is 11.3. The van der Waals surface area contributed by atoms with Crippen LogP contribution in [-0.4, -0.2) is 12.5 Å². The predicted octanol–water partition coefficient (Wildman–Crippen LogP) is 1.77. The van der Waals surface area contributed by atoms with E-state index in [2.05, 4.69) is 23.3 Å². The van der Waals surface area contributed by atoms with Crippen molar-refractivity contribution in [2.45, 2.75) is 19.9 Å². The highest BCUT2D eigenvalue weighted by Gasteiger charge is 2.13. The predicted molar refractivity (Wildman–Crippen MR) is 65.4 cm³/mol. The fourth-order valence-corrected chi connectivity index (χ4v) is 2.05. The van der Waals surface area contributed by atoms with Gasteiger partial charge in [-0.1, -0.05) is 12.6 Å². The zero-order chi connectivity index (χ0) is 11.5. The molecule has 0 atom stereocenters. The van der Waals surface area contributed by atoms with Crippen molar-refractivity contribution in [1.82, 2.24) is 5.32 Å². The number of carbonyl (C=O) groups excluding carboxylic acids is 1. The molecule has 2 N–H and O–H groups in total. The molecule has 0 radical (unpaired) electrons. The van der Waals surface area contributed by atoms with Gasteiger partial charge >= 0.3 is 0 Å². The van der Waals surface area contributed by atoms with Crippen molar-refractivity contribution in [3.8, 4) is 0 Å². The first-order chi connectivity index (χ1) is 7.72. The Bertz CT molecular complexity index is 438. The molecule has 1 aliphatic heterocycles. The van der Waals surface area contributed by atoms with Gasteiger partial charge in [-0.2, -0.15) is 0 Å². The van der Waals surface area contributed by atoms with Gasteiger partial charge in [-0.25, -0.2) is 0 Å². The van der Waals surface area contributed by atoms with E-state index in [4.69, 9.17) is 0 Å². The van der Waals surface area contributed by atoms with Crippen molar-refractivity contribution in [1.29, 1.82) is 0 Å². The zero-order valence-electron chi connectivity index (χ0n) is 9.47. The molecule has 0 spiro atoms. The van der Waals surface area contributed by atoms with Crippen LogP contribution in [0.4, 0.5) is 5.69 Å². The molecule has 1 aromatic rings. The molecule has 0 aliphatic carbocycles. The zero-order valence-corrected chi connectivity index (χ0v) is 9.47. The molecule has 0 fully saturated rings. The number of anilines is 1. The van der Waals surface area contributed by atoms with Crippen molar-refractivity contribution in [2.75, 3.05) is 11.9 Å². The van der Waals surface area contributed by atoms with Crippen molar-refractivity contribution in [3.63, 3.8) is 0 Å². The quantitative estimate of drug-likeness (QED) is 0.740. The summed E-state index contributed by atoms with van der Waals surface area (Å²) in [5.74, 6) is -0.160. The van der Waals surface area contributed by atoms with Gasteiger partial charge < -0.3 is 10.6 Å². The number of hydrogen-bond acceptors (Lipinski definition) is 2. The van der Waals surface area contributed by atoms with Crippen LogP contribution in [0.5, 0.6) is 0 Å². The summed E-state index contributed by atoms with van der Waals surface area (Å²) in [5, 5.41) is 6.17. The normalized spacial score (nSPS) is 14.1. The number of rotatable bonds is 2. The molecule has 0 saturated carbocycles. The SMILES string of the molecule is C=CC(=O)Nc1ccc2c(c1C)CNCC2. The highest BCUT2D eigenvalue weighted by Crippen LogP contribution is 2.25. The molecule has 0 bridgehead atoms. The minimum atomic E-state index is -0.160. The van der Waals surface area contributed by atoms with Crippen molar-refractivity contribution < 1.29 is 4.79 Å². The van der Waals surface area contributed by atoms with E-state index in [1.807, 2.05) is 13.0 Å². The lowest BCUT2D eigenvalue weighted by atomic mass is 9.95. The van der Waals surface area contributed by atoms with Crippen LogP contribution in [0, 0.1) is 6.92 Å². The lowest BCUT2D eigenvalue weighted by molar-refractivity contribution is -0.111. The summed E-state index contributed by atoms with van der Waals surface area (Å²) < 4.78 is 0. The molecular formula is C13H16N2O. The summed E-state index contributed by atoms with van der Waals surface area (Å²) in [6.45, 7) is 7.42. The maximum Gasteiger partial charge on any atom is 0.247 e. The first kappa shape index (κ1) is 10.9. The first-order valence-corrected chi connectivity index (χ1v) is 5.48. The van der Waals surface area contributed by atoms with Gasteiger partial charge in [0.1, 0.15) is 0 Å². The third-order valence-corrected chi connectivity index (χ3v) is 3.01. The third-order valence-electron chi connectivity index (χ3n) is 3.01. The molecule has 84 valence electrons. The van der Waals surface area contributed by atoms with Crippen LogP contribution >= 0.6 is 0 Å². The molecule has 3 nitrogen and oxygen atoms in total. The van der Waals surface area contributed by atoms with Gasteiger partial charge in [0.25, 0.3) is 0 Å². The van der Waals surface area contributed by atoms with Crippen LogP contribution in [0.25, 0.3) is 0 Å². The Morgan fingerprint density at radius 2 is 2.38 bits per heavy atom. The molecule has 2 rings (SSSR count). The minimum Gasteiger partial charge on any atom is -0.322 e. The Labute approximate surface area is 95.6 Å². The average molecular weight is 216 g/mol. The molecule has 16 heavy (non-hydrogen) atoms. The van der Waals surface area contributed by atoms with E-state index in [0.29, 0.717) is 0 Å². The van der Waals surface area contributed by atoms with Gasteiger partial charge in [-0.05, 0) is 48.7 Å². The molecule has 0 aromatic heterocycles. The van der Waals surface area contributed by atoms with Gasteiger partial charge in [-0.15, -0.1) is 0 Å². The Morgan fingerprint density at radius 1 is 1.56 bits per heavy atom. The molecule has 0 saturated heterocycles. The molecular weight excluding hydrogens is 200 g/mol. The maximum absolute atomic E-state index is 11.3. The van der Waals surface area contributed by atoms with Crippen LogP contribution in [-0.2, 0) is 17.8 Å². The number of amides is 1. The summed E-state index contributed by atoms with van der Waals surface area (Å²) in [5.41, 5.74) is 4.73. The van der Waals surface area contributed by atoms with Crippen LogP contribution < -0.4 is 10.6 Å². The van der Waals surface area contributed by atoms with Gasteiger partial charge in [0.15, 0.2) is 0 Å². The summed E-state index contributed by atoms with van der Waals surface area (Å²) in [6.07, 6.45) is 2.35. The van der Waals surface area contributed by atoms with E-state index >= 15 is 0 Å². The molecule has 0 unspecified atom stereocenters. The Morgan fingerprint density at radius 3 is 3.12 bits per heavy atom. The second-order valence-corrected chi connectivity index (χ2v) is 4.00. The van der Waals surface area contributed by atoms with Crippen LogP contribution in [0.15, 0.2) is 24.8 Å². The lowest BCUT2D eigenvalue weighted by Crippen LogP contribution is -2.25. The summed E-state index contributed by atoms with van der Waals surface area (Å²) >= 11 is 0. The fourth-order valence-electron chi connectivity index (χ4n) is 2.05. The van der Waals surface area contributed by atoms with Gasteiger partial charge in [-0.3, -0.25) is 4.79 Å². The summed E-state index contributed by atoms with van der Waals surface area (Å²) in [7, 11) is 0. The molecule has 1 heterocycles. The van der Waals surface area contributed by atoms with E-state index < -0.39 is 0 Å². The standard InChI is InChI=1S/C13H16N2O/c1-3-13(16)15-12-5-4-10-6-7-14-8-11(10)9(12)2/h3-5,14H,1,6-8H2,2H3,(H,15,16). The largest absolute Gasteiger partial charge is 0.322 e. The minimum absolute atomic E-state index is 0.160. The number of hydrogen-bond donors (Lipinski definition) is 2. The maximum atomic E-state index is 11.3. The van der Waals surface area contributed by atoms with Gasteiger partial charge in [0.2, 0.25) is 5.91 Å². The molecule has 1 aromatic carbocycles. The van der Waals surface area contributed by atoms with E-state index in [1.54, 1.807) is 0 Å². The Balaban J connectivity index is 2.34. The fraction of sp³-hybridized carbons (Fsp3) is 0.308. The van der Waals surface area contributed by atoms with Crippen molar-refractivity contribution >= 4 is 11.6 Å². The van der Waals surface area contributed by atoms with E-state index in [-0.39, 0.29) is 5.91 Å². The highest BCUT2D eigenvalue weighted by molar-refractivity contribution is 5.99. The monoisotopic (exact) mass is 216 g/mol. The molecule has 3 heteroatoms. The van der Waals surface area contributed by atoms with Crippen LogP contribution in [0.1, 0.15) is 16.7 Å². The van der Waals surface area contributed by atoms with Crippen molar-refractivity contribution in [2.24, 2.45) is 0 Å². The summed E-state index contributed by atoms with van der Waals surface area (Å²) in [6, 6.07) is 4.07. The van der Waals surface area contributed by atoms with Crippen LogP contribution in [0.2, 0.25) is 0 Å². The Hall–Kier alpha value is -1.61. The number of benzene rings is 1. The number of fused-ring (bicyclic) bond motifs is 1. The molecule has 1 aliphatic rings. The third kappa shape index (κ3) is 1.99. The van der Waals surface area contributed by atoms with Crippen molar-refractivity contribution in [3.05, 3.63) is 41.5 Å². The topological polar surface area (TPSA) is 41.1 Å². The molecule has 1 amide bonds. The van der Waals surface area contributed by atoms with E-state index in [9.17, 15) is 4.79 Å². The average Bonchev–Trinajstić information content (AvgIpc) is 2.33. The van der Waals surface area contributed by atoms with Crippen LogP contribution in [0.3, 0.4) is 0 Å². The number of nitrogens with one attached hydrogen (secondary N) is 2. The van der Waals surface area contributed by atoms with E-state index in [0.717, 1.165) is 30.8 Å².